The van der Waals surface area contributed by atoms with Crippen molar-refractivity contribution in [2.24, 2.45) is 0 Å². The van der Waals surface area contributed by atoms with Crippen molar-refractivity contribution < 1.29 is 9.72 Å². The van der Waals surface area contributed by atoms with E-state index in [2.05, 4.69) is 0 Å². The van der Waals surface area contributed by atoms with Crippen molar-refractivity contribution in [2.45, 2.75) is 12.5 Å². The Morgan fingerprint density at radius 1 is 1.58 bits per heavy atom. The molecule has 1 atom stereocenters. The van der Waals surface area contributed by atoms with E-state index in [4.69, 9.17) is 5.73 Å². The highest BCUT2D eigenvalue weighted by Gasteiger charge is 2.26. The van der Waals surface area contributed by atoms with Crippen molar-refractivity contribution in [1.29, 1.82) is 0 Å². The molecule has 1 aromatic rings. The molecular weight excluding hydrogens is 266 g/mol. The minimum Gasteiger partial charge on any atom is -0.393 e. The van der Waals surface area contributed by atoms with Crippen LogP contribution in [0.15, 0.2) is 18.2 Å². The predicted molar refractivity (Wildman–Crippen MR) is 75.3 cm³/mol. The summed E-state index contributed by atoms with van der Waals surface area (Å²) in [7, 11) is 1.74. The topological polar surface area (TPSA) is 89.5 Å². The van der Waals surface area contributed by atoms with Gasteiger partial charge in [0.2, 0.25) is 0 Å². The summed E-state index contributed by atoms with van der Waals surface area (Å²) >= 11 is 1.81. The Bertz CT molecular complexity index is 515. The van der Waals surface area contributed by atoms with Gasteiger partial charge in [-0.1, -0.05) is 0 Å². The summed E-state index contributed by atoms with van der Waals surface area (Å²) < 4.78 is 0. The molecule has 19 heavy (non-hydrogen) atoms. The maximum Gasteiger partial charge on any atom is 0.292 e. The fourth-order valence-electron chi connectivity index (χ4n) is 2.03. The Morgan fingerprint density at radius 2 is 2.32 bits per heavy atom. The number of hydrogen-bond donors (Lipinski definition) is 1. The SMILES string of the molecule is CN(C(=O)c1ccc(N)c([N+](=O)[O-])c1)C1CCSC1. The number of nitrogens with two attached hydrogens (primary N) is 1. The van der Waals surface area contributed by atoms with Crippen molar-refractivity contribution >= 4 is 29.0 Å². The number of nitro groups is 1. The van der Waals surface area contributed by atoms with E-state index in [1.54, 1.807) is 11.9 Å². The maximum absolute atomic E-state index is 12.3. The normalized spacial score (nSPS) is 18.3. The number of carbonyl (C=O) groups excluding carboxylic acids is 1. The van der Waals surface area contributed by atoms with Crippen LogP contribution in [0.1, 0.15) is 16.8 Å². The number of thioether (sulfide) groups is 1. The molecule has 0 aliphatic carbocycles. The van der Waals surface area contributed by atoms with Gasteiger partial charge in [-0.3, -0.25) is 14.9 Å². The van der Waals surface area contributed by atoms with Gasteiger partial charge >= 0.3 is 0 Å². The zero-order valence-corrected chi connectivity index (χ0v) is 11.4. The van der Waals surface area contributed by atoms with Crippen LogP contribution in [0.2, 0.25) is 0 Å². The van der Waals surface area contributed by atoms with Gasteiger partial charge in [0.1, 0.15) is 5.69 Å². The second kappa shape index (κ2) is 5.48. The van der Waals surface area contributed by atoms with E-state index >= 15 is 0 Å². The molecule has 1 heterocycles. The van der Waals surface area contributed by atoms with Crippen LogP contribution in [-0.2, 0) is 0 Å². The van der Waals surface area contributed by atoms with Crippen molar-refractivity contribution in [3.63, 3.8) is 0 Å². The number of nitrogens with zero attached hydrogens (tertiary/aromatic N) is 2. The highest BCUT2D eigenvalue weighted by atomic mass is 32.2. The third-order valence-corrected chi connectivity index (χ3v) is 4.39. The molecule has 0 radical (unpaired) electrons. The fraction of sp³-hybridized carbons (Fsp3) is 0.417. The molecule has 0 saturated carbocycles. The molecule has 2 N–H and O–H groups in total. The quantitative estimate of drug-likeness (QED) is 0.518. The molecular formula is C12H15N3O3S. The molecule has 1 amide bonds. The fourth-order valence-corrected chi connectivity index (χ4v) is 3.30. The highest BCUT2D eigenvalue weighted by molar-refractivity contribution is 7.99. The molecule has 6 nitrogen and oxygen atoms in total. The van der Waals surface area contributed by atoms with Crippen LogP contribution in [0.5, 0.6) is 0 Å². The lowest BCUT2D eigenvalue weighted by Crippen LogP contribution is -2.37. The minimum absolute atomic E-state index is 0.0700. The average Bonchev–Trinajstić information content (AvgIpc) is 2.91. The summed E-state index contributed by atoms with van der Waals surface area (Å²) in [5.41, 5.74) is 5.67. The molecule has 1 aliphatic rings. The van der Waals surface area contributed by atoms with Gasteiger partial charge in [0, 0.05) is 30.5 Å². The largest absolute Gasteiger partial charge is 0.393 e. The van der Waals surface area contributed by atoms with E-state index in [1.807, 2.05) is 11.8 Å². The summed E-state index contributed by atoms with van der Waals surface area (Å²) in [6, 6.07) is 4.39. The number of rotatable bonds is 3. The Labute approximate surface area is 115 Å². The van der Waals surface area contributed by atoms with Gasteiger partial charge in [-0.2, -0.15) is 11.8 Å². The van der Waals surface area contributed by atoms with Crippen LogP contribution in [0.4, 0.5) is 11.4 Å². The van der Waals surface area contributed by atoms with E-state index in [0.29, 0.717) is 5.56 Å². The van der Waals surface area contributed by atoms with Crippen LogP contribution in [0.25, 0.3) is 0 Å². The smallest absolute Gasteiger partial charge is 0.292 e. The van der Waals surface area contributed by atoms with E-state index in [1.165, 1.54) is 18.2 Å². The minimum atomic E-state index is -0.572. The van der Waals surface area contributed by atoms with Crippen LogP contribution in [-0.4, -0.2) is 40.3 Å². The number of amides is 1. The number of hydrogen-bond acceptors (Lipinski definition) is 5. The standard InChI is InChI=1S/C12H15N3O3S/c1-14(9-4-5-19-7-9)12(16)8-2-3-10(13)11(6-8)15(17)18/h2-3,6,9H,4-5,7,13H2,1H3. The van der Waals surface area contributed by atoms with Gasteiger partial charge in [0.15, 0.2) is 0 Å². The molecule has 1 saturated heterocycles. The lowest BCUT2D eigenvalue weighted by molar-refractivity contribution is -0.383. The van der Waals surface area contributed by atoms with Crippen LogP contribution >= 0.6 is 11.8 Å². The zero-order valence-electron chi connectivity index (χ0n) is 10.5. The van der Waals surface area contributed by atoms with Crippen molar-refractivity contribution in [1.82, 2.24) is 4.90 Å². The zero-order chi connectivity index (χ0) is 14.0. The van der Waals surface area contributed by atoms with E-state index in [9.17, 15) is 14.9 Å². The van der Waals surface area contributed by atoms with E-state index < -0.39 is 4.92 Å². The van der Waals surface area contributed by atoms with Gasteiger partial charge in [0.25, 0.3) is 11.6 Å². The number of benzene rings is 1. The Kier molecular flexibility index (Phi) is 3.94. The first kappa shape index (κ1) is 13.7. The molecule has 2 rings (SSSR count). The Hall–Kier alpha value is -1.76. The first-order valence-corrected chi connectivity index (χ1v) is 7.05. The number of carbonyl (C=O) groups is 1. The van der Waals surface area contributed by atoms with Crippen molar-refractivity contribution in [3.05, 3.63) is 33.9 Å². The van der Waals surface area contributed by atoms with Crippen LogP contribution < -0.4 is 5.73 Å². The lowest BCUT2D eigenvalue weighted by atomic mass is 10.1. The molecule has 102 valence electrons. The van der Waals surface area contributed by atoms with Crippen molar-refractivity contribution in [3.8, 4) is 0 Å². The molecule has 0 bridgehead atoms. The maximum atomic E-state index is 12.3. The first-order valence-electron chi connectivity index (χ1n) is 5.89. The molecule has 1 fully saturated rings. The highest BCUT2D eigenvalue weighted by Crippen LogP contribution is 2.26. The number of nitrogen functional groups attached to an aromatic ring is 1. The average molecular weight is 281 g/mol. The molecule has 1 aromatic carbocycles. The molecule has 1 unspecified atom stereocenters. The number of nitro benzene ring substituents is 1. The van der Waals surface area contributed by atoms with Gasteiger partial charge < -0.3 is 10.6 Å². The second-order valence-electron chi connectivity index (χ2n) is 4.46. The Balaban J connectivity index is 2.23. The Morgan fingerprint density at radius 3 is 2.89 bits per heavy atom. The molecule has 0 aromatic heterocycles. The second-order valence-corrected chi connectivity index (χ2v) is 5.61. The van der Waals surface area contributed by atoms with Gasteiger partial charge in [-0.05, 0) is 24.3 Å². The summed E-state index contributed by atoms with van der Waals surface area (Å²) in [5, 5.41) is 10.8. The summed E-state index contributed by atoms with van der Waals surface area (Å²) in [6.07, 6.45) is 0.962. The van der Waals surface area contributed by atoms with Crippen LogP contribution in [0.3, 0.4) is 0 Å². The summed E-state index contributed by atoms with van der Waals surface area (Å²) in [6.45, 7) is 0. The third-order valence-electron chi connectivity index (χ3n) is 3.25. The summed E-state index contributed by atoms with van der Waals surface area (Å²) in [5.74, 6) is 1.76. The van der Waals surface area contributed by atoms with Gasteiger partial charge in [-0.15, -0.1) is 0 Å². The molecule has 0 spiro atoms. The van der Waals surface area contributed by atoms with E-state index in [0.717, 1.165) is 17.9 Å². The van der Waals surface area contributed by atoms with Gasteiger partial charge in [0.05, 0.1) is 4.92 Å². The predicted octanol–water partition coefficient (Wildman–Crippen LogP) is 1.75. The first-order chi connectivity index (χ1) is 9.00. The number of anilines is 1. The molecule has 1 aliphatic heterocycles. The van der Waals surface area contributed by atoms with E-state index in [-0.39, 0.29) is 23.3 Å². The molecule has 7 heteroatoms. The monoisotopic (exact) mass is 281 g/mol. The summed E-state index contributed by atoms with van der Waals surface area (Å²) in [4.78, 5) is 24.2. The van der Waals surface area contributed by atoms with Crippen LogP contribution in [0, 0.1) is 10.1 Å². The third kappa shape index (κ3) is 2.81. The van der Waals surface area contributed by atoms with Crippen molar-refractivity contribution in [2.75, 3.05) is 24.3 Å². The lowest BCUT2D eigenvalue weighted by Gasteiger charge is -2.23. The van der Waals surface area contributed by atoms with Gasteiger partial charge in [-0.25, -0.2) is 0 Å².